The highest BCUT2D eigenvalue weighted by molar-refractivity contribution is 5.90. The minimum atomic E-state index is -0.353. The van der Waals surface area contributed by atoms with E-state index in [9.17, 15) is 4.79 Å². The van der Waals surface area contributed by atoms with Crippen molar-refractivity contribution in [3.05, 3.63) is 41.1 Å². The fourth-order valence-electron chi connectivity index (χ4n) is 2.07. The number of benzene rings is 1. The molecular formula is C15H17NO3. The second kappa shape index (κ2) is 5.18. The van der Waals surface area contributed by atoms with Gasteiger partial charge in [0.25, 0.3) is 0 Å². The average molecular weight is 259 g/mol. The number of aryl methyl sites for hydroxylation is 2. The van der Waals surface area contributed by atoms with Crippen LogP contribution in [0.5, 0.6) is 5.75 Å². The molecule has 1 heterocycles. The standard InChI is InChI=1S/C15H17NO3/c1-9-7-11(5-6-13(9)18-3)12-8-10(2)14(16-12)15(17)19-4/h5-8,16H,1-4H3. The SMILES string of the molecule is COC(=O)c1[nH]c(-c2ccc(OC)c(C)c2)cc1C. The van der Waals surface area contributed by atoms with E-state index in [2.05, 4.69) is 4.98 Å². The molecule has 0 spiro atoms. The average Bonchev–Trinajstić information content (AvgIpc) is 2.80. The Morgan fingerprint density at radius 1 is 1.11 bits per heavy atom. The van der Waals surface area contributed by atoms with E-state index in [0.717, 1.165) is 28.1 Å². The molecule has 4 nitrogen and oxygen atoms in total. The van der Waals surface area contributed by atoms with Crippen LogP contribution in [0, 0.1) is 13.8 Å². The van der Waals surface area contributed by atoms with E-state index in [-0.39, 0.29) is 5.97 Å². The molecule has 0 amide bonds. The first-order valence-corrected chi connectivity index (χ1v) is 5.99. The zero-order chi connectivity index (χ0) is 14.0. The molecular weight excluding hydrogens is 242 g/mol. The van der Waals surface area contributed by atoms with Crippen molar-refractivity contribution in [2.45, 2.75) is 13.8 Å². The van der Waals surface area contributed by atoms with Crippen LogP contribution in [0.3, 0.4) is 0 Å². The predicted octanol–water partition coefficient (Wildman–Crippen LogP) is 3.09. The number of carbonyl (C=O) groups is 1. The number of H-pyrrole nitrogens is 1. The monoisotopic (exact) mass is 259 g/mol. The smallest absolute Gasteiger partial charge is 0.354 e. The molecule has 0 fully saturated rings. The van der Waals surface area contributed by atoms with E-state index < -0.39 is 0 Å². The molecule has 0 atom stereocenters. The number of esters is 1. The molecule has 4 heteroatoms. The fraction of sp³-hybridized carbons (Fsp3) is 0.267. The van der Waals surface area contributed by atoms with Crippen molar-refractivity contribution in [2.24, 2.45) is 0 Å². The van der Waals surface area contributed by atoms with Crippen LogP contribution in [0.15, 0.2) is 24.3 Å². The Kier molecular flexibility index (Phi) is 3.60. The number of aromatic amines is 1. The van der Waals surface area contributed by atoms with Crippen LogP contribution in [0.1, 0.15) is 21.6 Å². The zero-order valence-corrected chi connectivity index (χ0v) is 11.5. The highest BCUT2D eigenvalue weighted by Crippen LogP contribution is 2.27. The Labute approximate surface area is 112 Å². The number of hydrogen-bond acceptors (Lipinski definition) is 3. The van der Waals surface area contributed by atoms with Gasteiger partial charge in [-0.2, -0.15) is 0 Å². The van der Waals surface area contributed by atoms with Gasteiger partial charge in [0.05, 0.1) is 14.2 Å². The van der Waals surface area contributed by atoms with Gasteiger partial charge in [-0.3, -0.25) is 0 Å². The molecule has 0 aliphatic heterocycles. The van der Waals surface area contributed by atoms with E-state index in [1.54, 1.807) is 7.11 Å². The molecule has 1 N–H and O–H groups in total. The zero-order valence-electron chi connectivity index (χ0n) is 11.5. The third kappa shape index (κ3) is 2.47. The van der Waals surface area contributed by atoms with E-state index in [1.807, 2.05) is 38.1 Å². The summed E-state index contributed by atoms with van der Waals surface area (Å²) in [4.78, 5) is 14.7. The first-order valence-electron chi connectivity index (χ1n) is 5.99. The van der Waals surface area contributed by atoms with Gasteiger partial charge in [0, 0.05) is 5.69 Å². The second-order valence-electron chi connectivity index (χ2n) is 4.42. The minimum Gasteiger partial charge on any atom is -0.496 e. The largest absolute Gasteiger partial charge is 0.496 e. The topological polar surface area (TPSA) is 51.3 Å². The summed E-state index contributed by atoms with van der Waals surface area (Å²) >= 11 is 0. The summed E-state index contributed by atoms with van der Waals surface area (Å²) < 4.78 is 9.97. The summed E-state index contributed by atoms with van der Waals surface area (Å²) in [7, 11) is 3.02. The van der Waals surface area contributed by atoms with Crippen molar-refractivity contribution >= 4 is 5.97 Å². The van der Waals surface area contributed by atoms with Crippen molar-refractivity contribution in [3.63, 3.8) is 0 Å². The normalized spacial score (nSPS) is 10.3. The number of rotatable bonds is 3. The van der Waals surface area contributed by atoms with Crippen LogP contribution in [0.4, 0.5) is 0 Å². The predicted molar refractivity (Wildman–Crippen MR) is 73.6 cm³/mol. The van der Waals surface area contributed by atoms with Crippen LogP contribution in [0.2, 0.25) is 0 Å². The highest BCUT2D eigenvalue weighted by Gasteiger charge is 2.14. The summed E-state index contributed by atoms with van der Waals surface area (Å²) in [5, 5.41) is 0. The van der Waals surface area contributed by atoms with Gasteiger partial charge < -0.3 is 14.5 Å². The van der Waals surface area contributed by atoms with Gasteiger partial charge in [-0.25, -0.2) is 4.79 Å². The molecule has 2 aromatic rings. The van der Waals surface area contributed by atoms with E-state index in [4.69, 9.17) is 9.47 Å². The number of carbonyl (C=O) groups excluding carboxylic acids is 1. The van der Waals surface area contributed by atoms with Gasteiger partial charge in [-0.15, -0.1) is 0 Å². The first-order chi connectivity index (χ1) is 9.06. The van der Waals surface area contributed by atoms with Crippen LogP contribution in [-0.2, 0) is 4.74 Å². The second-order valence-corrected chi connectivity index (χ2v) is 4.42. The Bertz CT molecular complexity index is 614. The summed E-state index contributed by atoms with van der Waals surface area (Å²) in [5.74, 6) is 0.495. The minimum absolute atomic E-state index is 0.353. The van der Waals surface area contributed by atoms with E-state index in [0.29, 0.717) is 5.69 Å². The van der Waals surface area contributed by atoms with Gasteiger partial charge in [0.1, 0.15) is 11.4 Å². The van der Waals surface area contributed by atoms with Crippen molar-refractivity contribution < 1.29 is 14.3 Å². The summed E-state index contributed by atoms with van der Waals surface area (Å²) in [6.45, 7) is 3.86. The summed E-state index contributed by atoms with van der Waals surface area (Å²) in [6, 6.07) is 7.83. The quantitative estimate of drug-likeness (QED) is 0.862. The Balaban J connectivity index is 2.42. The van der Waals surface area contributed by atoms with Crippen LogP contribution >= 0.6 is 0 Å². The lowest BCUT2D eigenvalue weighted by atomic mass is 10.1. The maximum Gasteiger partial charge on any atom is 0.354 e. The molecule has 0 saturated heterocycles. The van der Waals surface area contributed by atoms with Gasteiger partial charge in [-0.05, 0) is 54.8 Å². The van der Waals surface area contributed by atoms with Crippen LogP contribution in [-0.4, -0.2) is 25.2 Å². The molecule has 0 unspecified atom stereocenters. The third-order valence-electron chi connectivity index (χ3n) is 3.11. The number of hydrogen-bond donors (Lipinski definition) is 1. The molecule has 0 radical (unpaired) electrons. The maximum absolute atomic E-state index is 11.6. The van der Waals surface area contributed by atoms with Gasteiger partial charge in [0.15, 0.2) is 0 Å². The molecule has 100 valence electrons. The summed E-state index contributed by atoms with van der Waals surface area (Å²) in [5.41, 5.74) is 4.31. The van der Waals surface area contributed by atoms with Crippen LogP contribution < -0.4 is 4.74 Å². The fourth-order valence-corrected chi connectivity index (χ4v) is 2.07. The van der Waals surface area contributed by atoms with E-state index >= 15 is 0 Å². The molecule has 0 aliphatic carbocycles. The maximum atomic E-state index is 11.6. The van der Waals surface area contributed by atoms with E-state index in [1.165, 1.54) is 7.11 Å². The van der Waals surface area contributed by atoms with Crippen LogP contribution in [0.25, 0.3) is 11.3 Å². The molecule has 19 heavy (non-hydrogen) atoms. The number of aromatic nitrogens is 1. The Hall–Kier alpha value is -2.23. The highest BCUT2D eigenvalue weighted by atomic mass is 16.5. The molecule has 0 aliphatic rings. The van der Waals surface area contributed by atoms with Crippen molar-refractivity contribution in [1.29, 1.82) is 0 Å². The molecule has 0 saturated carbocycles. The van der Waals surface area contributed by atoms with Gasteiger partial charge in [-0.1, -0.05) is 0 Å². The lowest BCUT2D eigenvalue weighted by Crippen LogP contribution is -2.03. The Morgan fingerprint density at radius 3 is 2.42 bits per heavy atom. The molecule has 1 aromatic carbocycles. The third-order valence-corrected chi connectivity index (χ3v) is 3.11. The number of nitrogens with one attached hydrogen (secondary N) is 1. The molecule has 0 bridgehead atoms. The van der Waals surface area contributed by atoms with Crippen molar-refractivity contribution in [2.75, 3.05) is 14.2 Å². The Morgan fingerprint density at radius 2 is 1.84 bits per heavy atom. The summed E-state index contributed by atoms with van der Waals surface area (Å²) in [6.07, 6.45) is 0. The van der Waals surface area contributed by atoms with Crippen molar-refractivity contribution in [1.82, 2.24) is 4.98 Å². The lowest BCUT2D eigenvalue weighted by molar-refractivity contribution is 0.0594. The molecule has 1 aromatic heterocycles. The van der Waals surface area contributed by atoms with Crippen molar-refractivity contribution in [3.8, 4) is 17.0 Å². The first kappa shape index (κ1) is 13.2. The lowest BCUT2D eigenvalue weighted by Gasteiger charge is -2.06. The number of ether oxygens (including phenoxy) is 2. The van der Waals surface area contributed by atoms with Gasteiger partial charge in [0.2, 0.25) is 0 Å². The van der Waals surface area contributed by atoms with Gasteiger partial charge >= 0.3 is 5.97 Å². The number of methoxy groups -OCH3 is 2. The molecule has 2 rings (SSSR count).